The Balaban J connectivity index is 1.91. The van der Waals surface area contributed by atoms with E-state index >= 15 is 0 Å². The lowest BCUT2D eigenvalue weighted by molar-refractivity contribution is -0.122. The molecule has 1 atom stereocenters. The van der Waals surface area contributed by atoms with Crippen LogP contribution in [0.15, 0.2) is 23.2 Å². The molecule has 1 heterocycles. The maximum absolute atomic E-state index is 12.2. The molecule has 7 heteroatoms. The highest BCUT2D eigenvalue weighted by Gasteiger charge is 2.31. The molecule has 1 aliphatic rings. The van der Waals surface area contributed by atoms with Gasteiger partial charge >= 0.3 is 0 Å². The average Bonchev–Trinajstić information content (AvgIpc) is 2.83. The van der Waals surface area contributed by atoms with Gasteiger partial charge in [0.2, 0.25) is 11.8 Å². The molecule has 1 aromatic carbocycles. The number of thioether (sulfide) groups is 1. The number of hydrogen-bond acceptors (Lipinski definition) is 5. The van der Waals surface area contributed by atoms with Gasteiger partial charge in [0.05, 0.1) is 13.2 Å². The fourth-order valence-corrected chi connectivity index (χ4v) is 3.09. The van der Waals surface area contributed by atoms with Crippen LogP contribution in [0.4, 0.5) is 5.69 Å². The minimum atomic E-state index is -0.443. The number of nitrogens with one attached hydrogen (secondary N) is 2. The second kappa shape index (κ2) is 8.12. The van der Waals surface area contributed by atoms with E-state index in [1.807, 2.05) is 32.0 Å². The highest BCUT2D eigenvalue weighted by molar-refractivity contribution is 8.15. The Morgan fingerprint density at radius 1 is 1.43 bits per heavy atom. The van der Waals surface area contributed by atoms with Crippen LogP contribution in [0.5, 0.6) is 0 Å². The normalized spacial score (nSPS) is 19.0. The summed E-state index contributed by atoms with van der Waals surface area (Å²) in [5.74, 6) is -0.355. The quantitative estimate of drug-likeness (QED) is 0.778. The average molecular weight is 335 g/mol. The fraction of sp³-hybridized carbons (Fsp3) is 0.438. The lowest BCUT2D eigenvalue weighted by atomic mass is 10.1. The van der Waals surface area contributed by atoms with Gasteiger partial charge < -0.3 is 15.4 Å². The van der Waals surface area contributed by atoms with Crippen molar-refractivity contribution in [2.75, 3.05) is 25.6 Å². The number of anilines is 1. The van der Waals surface area contributed by atoms with Crippen molar-refractivity contribution in [3.05, 3.63) is 29.3 Å². The van der Waals surface area contributed by atoms with Crippen molar-refractivity contribution in [3.8, 4) is 0 Å². The van der Waals surface area contributed by atoms with Crippen LogP contribution in [-0.4, -0.2) is 42.5 Å². The molecule has 0 bridgehead atoms. The van der Waals surface area contributed by atoms with E-state index in [9.17, 15) is 9.59 Å². The molecule has 0 aliphatic carbocycles. The first-order valence-electron chi connectivity index (χ1n) is 7.37. The van der Waals surface area contributed by atoms with Crippen LogP contribution >= 0.6 is 11.8 Å². The minimum absolute atomic E-state index is 0.118. The van der Waals surface area contributed by atoms with E-state index in [4.69, 9.17) is 4.74 Å². The fourth-order valence-electron chi connectivity index (χ4n) is 2.09. The van der Waals surface area contributed by atoms with Crippen molar-refractivity contribution in [1.82, 2.24) is 5.32 Å². The van der Waals surface area contributed by atoms with Crippen LogP contribution in [0.3, 0.4) is 0 Å². The number of aliphatic imine (C=N–C) groups is 1. The summed E-state index contributed by atoms with van der Waals surface area (Å²) in [6, 6.07) is 5.88. The molecule has 0 saturated carbocycles. The summed E-state index contributed by atoms with van der Waals surface area (Å²) in [5, 5.41) is 5.67. The molecule has 23 heavy (non-hydrogen) atoms. The van der Waals surface area contributed by atoms with Crippen molar-refractivity contribution in [1.29, 1.82) is 0 Å². The van der Waals surface area contributed by atoms with Crippen molar-refractivity contribution in [2.24, 2.45) is 4.99 Å². The maximum atomic E-state index is 12.2. The van der Waals surface area contributed by atoms with Gasteiger partial charge in [-0.05, 0) is 31.0 Å². The number of amidine groups is 1. The highest BCUT2D eigenvalue weighted by atomic mass is 32.2. The summed E-state index contributed by atoms with van der Waals surface area (Å²) in [7, 11) is 1.60. The Morgan fingerprint density at radius 2 is 2.22 bits per heavy atom. The molecule has 0 spiro atoms. The minimum Gasteiger partial charge on any atom is -0.383 e. The van der Waals surface area contributed by atoms with E-state index in [2.05, 4.69) is 15.6 Å². The van der Waals surface area contributed by atoms with Gasteiger partial charge in [-0.3, -0.25) is 14.6 Å². The number of rotatable bonds is 6. The highest BCUT2D eigenvalue weighted by Crippen LogP contribution is 2.23. The third-order valence-electron chi connectivity index (χ3n) is 3.37. The van der Waals surface area contributed by atoms with Crippen molar-refractivity contribution in [2.45, 2.75) is 25.5 Å². The summed E-state index contributed by atoms with van der Waals surface area (Å²) in [5.41, 5.74) is 2.85. The van der Waals surface area contributed by atoms with Crippen LogP contribution in [0.1, 0.15) is 17.5 Å². The molecule has 0 aromatic heterocycles. The number of benzene rings is 1. The standard InChI is InChI=1S/C16H21N3O3S/c1-10-4-5-11(2)12(8-10)18-14(20)9-13-15(21)19-16(23-13)17-6-7-22-3/h4-5,8,13H,6-7,9H2,1-3H3,(H,18,20)(H,17,19,21)/t13-/m1/s1. The molecule has 1 aromatic rings. The predicted molar refractivity (Wildman–Crippen MR) is 92.9 cm³/mol. The van der Waals surface area contributed by atoms with E-state index in [-0.39, 0.29) is 18.2 Å². The molecule has 1 saturated heterocycles. The smallest absolute Gasteiger partial charge is 0.240 e. The van der Waals surface area contributed by atoms with Gasteiger partial charge in [-0.15, -0.1) is 0 Å². The topological polar surface area (TPSA) is 79.8 Å². The lowest BCUT2D eigenvalue weighted by Crippen LogP contribution is -2.28. The van der Waals surface area contributed by atoms with Gasteiger partial charge in [0, 0.05) is 19.2 Å². The zero-order valence-electron chi connectivity index (χ0n) is 13.5. The molecular weight excluding hydrogens is 314 g/mol. The number of hydrogen-bond donors (Lipinski definition) is 2. The largest absolute Gasteiger partial charge is 0.383 e. The van der Waals surface area contributed by atoms with Gasteiger partial charge in [-0.2, -0.15) is 0 Å². The van der Waals surface area contributed by atoms with Gasteiger partial charge in [0.1, 0.15) is 5.25 Å². The van der Waals surface area contributed by atoms with Crippen molar-refractivity contribution in [3.63, 3.8) is 0 Å². The van der Waals surface area contributed by atoms with Gasteiger partial charge in [0.25, 0.3) is 0 Å². The SMILES string of the molecule is COCCN=C1NC(=O)[C@@H](CC(=O)Nc2cc(C)ccc2C)S1. The number of nitrogens with zero attached hydrogens (tertiary/aromatic N) is 1. The Labute approximate surface area is 140 Å². The number of amides is 2. The molecule has 1 fully saturated rings. The summed E-state index contributed by atoms with van der Waals surface area (Å²) in [6.45, 7) is 4.89. The van der Waals surface area contributed by atoms with Crippen LogP contribution < -0.4 is 10.6 Å². The first-order chi connectivity index (χ1) is 11.0. The second-order valence-corrected chi connectivity index (χ2v) is 6.54. The van der Waals surface area contributed by atoms with Crippen LogP contribution in [0, 0.1) is 13.8 Å². The van der Waals surface area contributed by atoms with Gasteiger partial charge in [0.15, 0.2) is 5.17 Å². The predicted octanol–water partition coefficient (Wildman–Crippen LogP) is 1.87. The number of methoxy groups -OCH3 is 1. The van der Waals surface area contributed by atoms with Gasteiger partial charge in [-0.25, -0.2) is 0 Å². The molecule has 1 aliphatic heterocycles. The van der Waals surface area contributed by atoms with Gasteiger partial charge in [-0.1, -0.05) is 23.9 Å². The first-order valence-corrected chi connectivity index (χ1v) is 8.25. The molecule has 0 unspecified atom stereocenters. The number of carbonyl (C=O) groups excluding carboxylic acids is 2. The van der Waals surface area contributed by atoms with Crippen LogP contribution in [-0.2, 0) is 14.3 Å². The van der Waals surface area contributed by atoms with E-state index in [1.54, 1.807) is 7.11 Å². The lowest BCUT2D eigenvalue weighted by Gasteiger charge is -2.10. The monoisotopic (exact) mass is 335 g/mol. The summed E-state index contributed by atoms with van der Waals surface area (Å²) < 4.78 is 4.91. The molecule has 2 N–H and O–H groups in total. The van der Waals surface area contributed by atoms with Crippen molar-refractivity contribution < 1.29 is 14.3 Å². The molecule has 6 nitrogen and oxygen atoms in total. The van der Waals surface area contributed by atoms with Crippen LogP contribution in [0.2, 0.25) is 0 Å². The molecule has 2 rings (SSSR count). The second-order valence-electron chi connectivity index (χ2n) is 5.35. The first kappa shape index (κ1) is 17.5. The Morgan fingerprint density at radius 3 is 2.96 bits per heavy atom. The third kappa shape index (κ3) is 5.07. The summed E-state index contributed by atoms with van der Waals surface area (Å²) in [4.78, 5) is 28.3. The third-order valence-corrected chi connectivity index (χ3v) is 4.48. The zero-order valence-corrected chi connectivity index (χ0v) is 14.3. The van der Waals surface area contributed by atoms with E-state index in [0.29, 0.717) is 18.3 Å². The molecular formula is C16H21N3O3S. The van der Waals surface area contributed by atoms with E-state index < -0.39 is 5.25 Å². The van der Waals surface area contributed by atoms with Crippen LogP contribution in [0.25, 0.3) is 0 Å². The van der Waals surface area contributed by atoms with E-state index in [0.717, 1.165) is 16.8 Å². The molecule has 124 valence electrons. The summed E-state index contributed by atoms with van der Waals surface area (Å²) >= 11 is 1.29. The maximum Gasteiger partial charge on any atom is 0.240 e. The molecule has 2 amide bonds. The van der Waals surface area contributed by atoms with E-state index in [1.165, 1.54) is 11.8 Å². The Hall–Kier alpha value is -1.86. The zero-order chi connectivity index (χ0) is 16.8. The number of ether oxygens (including phenoxy) is 1. The number of carbonyl (C=O) groups is 2. The van der Waals surface area contributed by atoms with Crippen molar-refractivity contribution >= 4 is 34.4 Å². The Kier molecular flexibility index (Phi) is 6.18. The molecule has 0 radical (unpaired) electrons. The Bertz CT molecular complexity index is 631. The number of aryl methyl sites for hydroxylation is 2. The summed E-state index contributed by atoms with van der Waals surface area (Å²) in [6.07, 6.45) is 0.118.